The number of aromatic amines is 1. The number of aromatic nitrogens is 2. The minimum absolute atomic E-state index is 0.00621. The van der Waals surface area contributed by atoms with E-state index in [0.29, 0.717) is 5.92 Å². The van der Waals surface area contributed by atoms with Gasteiger partial charge in [0.05, 0.1) is 25.3 Å². The summed E-state index contributed by atoms with van der Waals surface area (Å²) >= 11 is 0. The fraction of sp³-hybridized carbons (Fsp3) is 0.333. The van der Waals surface area contributed by atoms with Gasteiger partial charge in [0.15, 0.2) is 5.69 Å². The zero-order chi connectivity index (χ0) is 19.3. The summed E-state index contributed by atoms with van der Waals surface area (Å²) in [6.45, 7) is 4.09. The van der Waals surface area contributed by atoms with Crippen LogP contribution in [0.1, 0.15) is 50.7 Å². The molecule has 1 heterocycles. The maximum Gasteiger partial charge on any atom is 0.364 e. The molecule has 1 aromatic carbocycles. The van der Waals surface area contributed by atoms with Gasteiger partial charge in [0.1, 0.15) is 5.75 Å². The molecule has 0 radical (unpaired) electrons. The van der Waals surface area contributed by atoms with Crippen molar-refractivity contribution in [1.82, 2.24) is 10.2 Å². The minimum atomic E-state index is -0.714. The Kier molecular flexibility index (Phi) is 6.11. The van der Waals surface area contributed by atoms with Crippen molar-refractivity contribution in [2.24, 2.45) is 5.92 Å². The molecule has 0 spiro atoms. The predicted octanol–water partition coefficient (Wildman–Crippen LogP) is 2.40. The van der Waals surface area contributed by atoms with Crippen LogP contribution in [0, 0.1) is 5.92 Å². The number of nitrogens with one attached hydrogen (secondary N) is 1. The molecular formula is C18H20N2O6. The Labute approximate surface area is 150 Å². The monoisotopic (exact) mass is 360 g/mol. The summed E-state index contributed by atoms with van der Waals surface area (Å²) in [5.74, 6) is -1.65. The highest BCUT2D eigenvalue weighted by Crippen LogP contribution is 2.20. The zero-order valence-electron chi connectivity index (χ0n) is 15.0. The van der Waals surface area contributed by atoms with Crippen LogP contribution < -0.4 is 4.74 Å². The number of benzene rings is 1. The summed E-state index contributed by atoms with van der Waals surface area (Å²) in [5.41, 5.74) is 1.02. The summed E-state index contributed by atoms with van der Waals surface area (Å²) in [5, 5.41) is 6.71. The highest BCUT2D eigenvalue weighted by atomic mass is 16.5. The SMILES string of the molecule is COC(=O)c1cc(OC(=O)c2cc(CC(C)C)[nH]n2)cc(C(=O)OC)c1. The molecule has 8 nitrogen and oxygen atoms in total. The molecule has 138 valence electrons. The summed E-state index contributed by atoms with van der Waals surface area (Å²) < 4.78 is 14.5. The van der Waals surface area contributed by atoms with E-state index in [1.54, 1.807) is 6.07 Å². The summed E-state index contributed by atoms with van der Waals surface area (Å²) in [6, 6.07) is 5.51. The van der Waals surface area contributed by atoms with Crippen LogP contribution in [0.3, 0.4) is 0 Å². The molecule has 2 aromatic rings. The van der Waals surface area contributed by atoms with Crippen molar-refractivity contribution in [2.45, 2.75) is 20.3 Å². The van der Waals surface area contributed by atoms with Gasteiger partial charge >= 0.3 is 17.9 Å². The Balaban J connectivity index is 2.26. The smallest absolute Gasteiger partial charge is 0.364 e. The van der Waals surface area contributed by atoms with Crippen LogP contribution in [0.2, 0.25) is 0 Å². The number of rotatable bonds is 6. The number of esters is 3. The van der Waals surface area contributed by atoms with E-state index in [4.69, 9.17) is 4.74 Å². The van der Waals surface area contributed by atoms with Crippen molar-refractivity contribution in [3.05, 3.63) is 46.8 Å². The Morgan fingerprint density at radius 3 is 2.04 bits per heavy atom. The number of methoxy groups -OCH3 is 2. The van der Waals surface area contributed by atoms with Gasteiger partial charge in [-0.2, -0.15) is 5.10 Å². The largest absolute Gasteiger partial charge is 0.465 e. The fourth-order valence-corrected chi connectivity index (χ4v) is 2.30. The average Bonchev–Trinajstić information content (AvgIpc) is 3.07. The molecule has 0 fully saturated rings. The van der Waals surface area contributed by atoms with Crippen LogP contribution >= 0.6 is 0 Å². The molecule has 0 saturated heterocycles. The van der Waals surface area contributed by atoms with Crippen molar-refractivity contribution in [3.63, 3.8) is 0 Å². The molecule has 8 heteroatoms. The second kappa shape index (κ2) is 8.28. The molecule has 0 atom stereocenters. The molecular weight excluding hydrogens is 340 g/mol. The molecule has 0 aliphatic carbocycles. The van der Waals surface area contributed by atoms with Crippen molar-refractivity contribution in [1.29, 1.82) is 0 Å². The lowest BCUT2D eigenvalue weighted by Crippen LogP contribution is -2.12. The Morgan fingerprint density at radius 1 is 0.962 bits per heavy atom. The van der Waals surface area contributed by atoms with E-state index in [2.05, 4.69) is 19.7 Å². The number of hydrogen-bond donors (Lipinski definition) is 1. The van der Waals surface area contributed by atoms with Gasteiger partial charge in [-0.1, -0.05) is 13.8 Å². The van der Waals surface area contributed by atoms with Gasteiger partial charge in [-0.15, -0.1) is 0 Å². The number of ether oxygens (including phenoxy) is 3. The predicted molar refractivity (Wildman–Crippen MR) is 91.2 cm³/mol. The van der Waals surface area contributed by atoms with Crippen LogP contribution in [-0.2, 0) is 15.9 Å². The Bertz CT molecular complexity index is 791. The van der Waals surface area contributed by atoms with Gasteiger partial charge in [-0.05, 0) is 36.6 Å². The van der Waals surface area contributed by atoms with Gasteiger partial charge in [0, 0.05) is 5.69 Å². The number of carbonyl (C=O) groups excluding carboxylic acids is 3. The lowest BCUT2D eigenvalue weighted by Gasteiger charge is -2.08. The number of hydrogen-bond acceptors (Lipinski definition) is 7. The molecule has 1 N–H and O–H groups in total. The summed E-state index contributed by atoms with van der Waals surface area (Å²) in [4.78, 5) is 35.8. The van der Waals surface area contributed by atoms with Crippen molar-refractivity contribution < 1.29 is 28.6 Å². The van der Waals surface area contributed by atoms with E-state index < -0.39 is 17.9 Å². The van der Waals surface area contributed by atoms with Gasteiger partial charge in [-0.25, -0.2) is 14.4 Å². The number of nitrogens with zero attached hydrogens (tertiary/aromatic N) is 1. The van der Waals surface area contributed by atoms with E-state index in [1.165, 1.54) is 32.4 Å². The first-order chi connectivity index (χ1) is 12.3. The highest BCUT2D eigenvalue weighted by Gasteiger charge is 2.18. The molecule has 0 aliphatic rings. The lowest BCUT2D eigenvalue weighted by atomic mass is 10.1. The van der Waals surface area contributed by atoms with Crippen molar-refractivity contribution in [3.8, 4) is 5.75 Å². The molecule has 2 rings (SSSR count). The van der Waals surface area contributed by atoms with Crippen LogP contribution in [0.15, 0.2) is 24.3 Å². The first-order valence-corrected chi connectivity index (χ1v) is 7.92. The second-order valence-corrected chi connectivity index (χ2v) is 6.00. The molecule has 1 aromatic heterocycles. The summed E-state index contributed by atoms with van der Waals surface area (Å²) in [6.07, 6.45) is 0.741. The summed E-state index contributed by atoms with van der Waals surface area (Å²) in [7, 11) is 2.41. The standard InChI is InChI=1S/C18H20N2O6/c1-10(2)5-13-9-15(20-19-13)18(23)26-14-7-11(16(21)24-3)6-12(8-14)17(22)25-4/h6-10H,5H2,1-4H3,(H,19,20). The highest BCUT2D eigenvalue weighted by molar-refractivity contribution is 5.96. The normalized spacial score (nSPS) is 10.5. The van der Waals surface area contributed by atoms with Gasteiger partial charge in [-0.3, -0.25) is 5.10 Å². The van der Waals surface area contributed by atoms with E-state index in [1.807, 2.05) is 13.8 Å². The zero-order valence-corrected chi connectivity index (χ0v) is 15.0. The third-order valence-corrected chi connectivity index (χ3v) is 3.43. The minimum Gasteiger partial charge on any atom is -0.465 e. The Hall–Kier alpha value is -3.16. The topological polar surface area (TPSA) is 108 Å². The Morgan fingerprint density at radius 2 is 1.54 bits per heavy atom. The van der Waals surface area contributed by atoms with Gasteiger partial charge < -0.3 is 14.2 Å². The quantitative estimate of drug-likeness (QED) is 0.622. The molecule has 26 heavy (non-hydrogen) atoms. The van der Waals surface area contributed by atoms with Crippen LogP contribution in [0.4, 0.5) is 0 Å². The maximum absolute atomic E-state index is 12.3. The third kappa shape index (κ3) is 4.69. The van der Waals surface area contributed by atoms with Crippen molar-refractivity contribution in [2.75, 3.05) is 14.2 Å². The number of H-pyrrole nitrogens is 1. The third-order valence-electron chi connectivity index (χ3n) is 3.43. The molecule has 0 aliphatic heterocycles. The van der Waals surface area contributed by atoms with E-state index >= 15 is 0 Å². The van der Waals surface area contributed by atoms with E-state index in [0.717, 1.165) is 12.1 Å². The van der Waals surface area contributed by atoms with Crippen molar-refractivity contribution >= 4 is 17.9 Å². The van der Waals surface area contributed by atoms with Gasteiger partial charge in [0.25, 0.3) is 0 Å². The fourth-order valence-electron chi connectivity index (χ4n) is 2.30. The first kappa shape index (κ1) is 19.2. The van der Waals surface area contributed by atoms with Crippen LogP contribution in [-0.4, -0.2) is 42.3 Å². The molecule has 0 bridgehead atoms. The maximum atomic E-state index is 12.3. The number of carbonyl (C=O) groups is 3. The second-order valence-electron chi connectivity index (χ2n) is 6.00. The molecule has 0 unspecified atom stereocenters. The van der Waals surface area contributed by atoms with E-state index in [-0.39, 0.29) is 22.6 Å². The average molecular weight is 360 g/mol. The lowest BCUT2D eigenvalue weighted by molar-refractivity contribution is 0.0593. The van der Waals surface area contributed by atoms with Gasteiger partial charge in [0.2, 0.25) is 0 Å². The molecule has 0 amide bonds. The molecule has 0 saturated carbocycles. The van der Waals surface area contributed by atoms with E-state index in [9.17, 15) is 14.4 Å². The van der Waals surface area contributed by atoms with Crippen LogP contribution in [0.25, 0.3) is 0 Å². The first-order valence-electron chi connectivity index (χ1n) is 7.92. The van der Waals surface area contributed by atoms with Crippen LogP contribution in [0.5, 0.6) is 5.75 Å².